The van der Waals surface area contributed by atoms with Crippen LogP contribution in [0.4, 0.5) is 0 Å². The third-order valence-corrected chi connectivity index (χ3v) is 6.23. The van der Waals surface area contributed by atoms with E-state index < -0.39 is 28.8 Å². The Morgan fingerprint density at radius 3 is 2.52 bits per heavy atom. The predicted octanol–water partition coefficient (Wildman–Crippen LogP) is -3.10. The minimum absolute atomic E-state index is 0. The number of benzene rings is 1. The summed E-state index contributed by atoms with van der Waals surface area (Å²) in [5.74, 6) is -1.67. The Labute approximate surface area is 185 Å². The van der Waals surface area contributed by atoms with Gasteiger partial charge in [0.15, 0.2) is 6.61 Å². The van der Waals surface area contributed by atoms with Gasteiger partial charge >= 0.3 is 24.8 Å². The van der Waals surface area contributed by atoms with Crippen LogP contribution in [0.5, 0.6) is 5.75 Å². The Morgan fingerprint density at radius 1 is 1.28 bits per heavy atom. The summed E-state index contributed by atoms with van der Waals surface area (Å²) in [7, 11) is 1.23. The van der Waals surface area contributed by atoms with Crippen LogP contribution in [0.2, 0.25) is 0 Å². The molecular formula is C19H21LiN2O6S. The molecule has 0 unspecified atom stereocenters. The summed E-state index contributed by atoms with van der Waals surface area (Å²) in [6, 6.07) is 7.46. The first-order valence-corrected chi connectivity index (χ1v) is 9.56. The molecule has 0 bridgehead atoms. The first-order valence-electron chi connectivity index (χ1n) is 8.68. The standard InChI is InChI=1S/C19H22N2O6S.Li/c1-19(2)16(18(24)25)21-12(9-14(23)26-3)15(17(21)28-19)20-13(22)10-27-11-7-5-4-6-8-11;/h4-9,15-17H,10H2,1-3H3,(H,20,22)(H,24,25);/q;+1/p-1/b12-9+;/t15-,16+,17-;/m1./s1. The van der Waals surface area contributed by atoms with Gasteiger partial charge in [-0.15, -0.1) is 11.8 Å². The summed E-state index contributed by atoms with van der Waals surface area (Å²) in [5, 5.41) is 14.2. The maximum absolute atomic E-state index is 12.3. The number of fused-ring (bicyclic) bond motifs is 1. The molecular weight excluding hydrogens is 391 g/mol. The van der Waals surface area contributed by atoms with Gasteiger partial charge in [0.2, 0.25) is 0 Å². The molecule has 2 aliphatic heterocycles. The summed E-state index contributed by atoms with van der Waals surface area (Å²) < 4.78 is 9.45. The first-order chi connectivity index (χ1) is 13.2. The fraction of sp³-hybridized carbons (Fsp3) is 0.421. The van der Waals surface area contributed by atoms with Gasteiger partial charge in [-0.3, -0.25) is 4.79 Å². The molecule has 8 nitrogen and oxygen atoms in total. The van der Waals surface area contributed by atoms with Crippen LogP contribution >= 0.6 is 11.8 Å². The van der Waals surface area contributed by atoms with E-state index in [-0.39, 0.29) is 36.7 Å². The summed E-state index contributed by atoms with van der Waals surface area (Å²) in [6.45, 7) is 3.39. The number of hydrogen-bond acceptors (Lipinski definition) is 8. The Kier molecular flexibility index (Phi) is 7.33. The average Bonchev–Trinajstić information content (AvgIpc) is 2.91. The first kappa shape index (κ1) is 23.2. The summed E-state index contributed by atoms with van der Waals surface area (Å²) in [6.07, 6.45) is 1.21. The van der Waals surface area contributed by atoms with E-state index in [1.807, 2.05) is 6.07 Å². The van der Waals surface area contributed by atoms with Crippen LogP contribution < -0.4 is 34.0 Å². The van der Waals surface area contributed by atoms with E-state index in [4.69, 9.17) is 4.74 Å². The summed E-state index contributed by atoms with van der Waals surface area (Å²) in [5.41, 5.74) is 0.386. The molecule has 0 spiro atoms. The maximum Gasteiger partial charge on any atom is 1.00 e. The van der Waals surface area contributed by atoms with Crippen molar-refractivity contribution in [2.75, 3.05) is 13.7 Å². The van der Waals surface area contributed by atoms with E-state index >= 15 is 0 Å². The van der Waals surface area contributed by atoms with Crippen LogP contribution in [0.25, 0.3) is 0 Å². The number of carboxylic acids is 1. The zero-order valence-corrected chi connectivity index (χ0v) is 17.5. The molecule has 2 aliphatic rings. The van der Waals surface area contributed by atoms with E-state index in [9.17, 15) is 19.5 Å². The largest absolute Gasteiger partial charge is 1.00 e. The van der Waals surface area contributed by atoms with Crippen molar-refractivity contribution in [1.82, 2.24) is 10.2 Å². The third-order valence-electron chi connectivity index (χ3n) is 4.66. The van der Waals surface area contributed by atoms with Gasteiger partial charge in [-0.2, -0.15) is 0 Å². The molecule has 1 aromatic rings. The van der Waals surface area contributed by atoms with Crippen LogP contribution in [0.15, 0.2) is 42.1 Å². The second kappa shape index (κ2) is 9.16. The number of esters is 1. The number of carboxylic acid groups (broad SMARTS) is 1. The maximum atomic E-state index is 12.3. The van der Waals surface area contributed by atoms with E-state index in [1.165, 1.54) is 24.9 Å². The van der Waals surface area contributed by atoms with Crippen LogP contribution in [0, 0.1) is 0 Å². The molecule has 2 fully saturated rings. The SMILES string of the molecule is COC(=O)/C=C1\[C@@H](NC(=O)COc2ccccc2)[C@H]2SC(C)(C)[C@H](C(=O)[O-])N12.[Li+]. The number of thioether (sulfide) groups is 1. The molecule has 29 heavy (non-hydrogen) atoms. The molecule has 3 atom stereocenters. The molecule has 1 N–H and O–H groups in total. The number of methoxy groups -OCH3 is 1. The van der Waals surface area contributed by atoms with E-state index in [1.54, 1.807) is 43.0 Å². The normalized spacial score (nSPS) is 25.3. The van der Waals surface area contributed by atoms with Crippen molar-refractivity contribution >= 4 is 29.6 Å². The van der Waals surface area contributed by atoms with Crippen molar-refractivity contribution in [1.29, 1.82) is 0 Å². The molecule has 0 aromatic heterocycles. The third kappa shape index (κ3) is 4.74. The van der Waals surface area contributed by atoms with Crippen molar-refractivity contribution < 1.29 is 47.8 Å². The summed E-state index contributed by atoms with van der Waals surface area (Å²) in [4.78, 5) is 37.4. The molecule has 10 heteroatoms. The number of rotatable bonds is 6. The Morgan fingerprint density at radius 2 is 1.93 bits per heavy atom. The van der Waals surface area contributed by atoms with E-state index in [0.29, 0.717) is 11.4 Å². The molecule has 0 saturated carbocycles. The number of aliphatic carboxylic acids is 1. The van der Waals surface area contributed by atoms with Crippen molar-refractivity contribution in [2.45, 2.75) is 36.1 Å². The Bertz CT molecular complexity index is 816. The monoisotopic (exact) mass is 412 g/mol. The van der Waals surface area contributed by atoms with Crippen molar-refractivity contribution in [2.24, 2.45) is 0 Å². The predicted molar refractivity (Wildman–Crippen MR) is 100 cm³/mol. The van der Waals surface area contributed by atoms with Gasteiger partial charge in [-0.05, 0) is 26.0 Å². The van der Waals surface area contributed by atoms with Crippen molar-refractivity contribution in [3.8, 4) is 5.75 Å². The number of hydrogen-bond donors (Lipinski definition) is 1. The number of nitrogens with one attached hydrogen (secondary N) is 1. The number of para-hydroxylation sites is 1. The average molecular weight is 412 g/mol. The fourth-order valence-corrected chi connectivity index (χ4v) is 5.09. The van der Waals surface area contributed by atoms with E-state index in [2.05, 4.69) is 10.1 Å². The molecule has 0 radical (unpaired) electrons. The molecule has 2 heterocycles. The summed E-state index contributed by atoms with van der Waals surface area (Å²) >= 11 is 1.41. The zero-order chi connectivity index (χ0) is 20.5. The van der Waals surface area contributed by atoms with Gasteiger partial charge in [-0.25, -0.2) is 4.79 Å². The van der Waals surface area contributed by atoms with Crippen LogP contribution in [0.3, 0.4) is 0 Å². The minimum Gasteiger partial charge on any atom is -0.548 e. The minimum atomic E-state index is -1.23. The fourth-order valence-electron chi connectivity index (χ4n) is 3.43. The number of carbonyl (C=O) groups is 3. The van der Waals surface area contributed by atoms with E-state index in [0.717, 1.165) is 0 Å². The van der Waals surface area contributed by atoms with Gasteiger partial charge in [0.05, 0.1) is 25.2 Å². The van der Waals surface area contributed by atoms with Crippen molar-refractivity contribution in [3.63, 3.8) is 0 Å². The van der Waals surface area contributed by atoms with Crippen LogP contribution in [0.1, 0.15) is 13.8 Å². The molecule has 0 aliphatic carbocycles. The van der Waals surface area contributed by atoms with Crippen LogP contribution in [-0.2, 0) is 19.1 Å². The molecule has 1 amide bonds. The van der Waals surface area contributed by atoms with Crippen molar-refractivity contribution in [3.05, 3.63) is 42.1 Å². The van der Waals surface area contributed by atoms with Crippen LogP contribution in [-0.4, -0.2) is 58.7 Å². The number of ether oxygens (including phenoxy) is 2. The molecule has 1 aromatic carbocycles. The Balaban J connectivity index is 0.00000300. The number of carbonyl (C=O) groups excluding carboxylic acids is 3. The van der Waals surface area contributed by atoms with Gasteiger partial charge in [-0.1, -0.05) is 18.2 Å². The van der Waals surface area contributed by atoms with Gasteiger partial charge in [0.1, 0.15) is 11.1 Å². The smallest absolute Gasteiger partial charge is 0.548 e. The quantitative estimate of drug-likeness (QED) is 0.297. The molecule has 150 valence electrons. The zero-order valence-electron chi connectivity index (χ0n) is 16.7. The Hall–Kier alpha value is -2.08. The second-order valence-corrected chi connectivity index (χ2v) is 8.75. The van der Waals surface area contributed by atoms with Gasteiger partial charge < -0.3 is 29.6 Å². The van der Waals surface area contributed by atoms with Gasteiger partial charge in [0.25, 0.3) is 5.91 Å². The van der Waals surface area contributed by atoms with Gasteiger partial charge in [0, 0.05) is 16.5 Å². The molecule has 3 rings (SSSR count). The number of nitrogens with zero attached hydrogens (tertiary/aromatic N) is 1. The number of amides is 1. The molecule has 2 saturated heterocycles. The second-order valence-electron chi connectivity index (χ2n) is 6.98. The topological polar surface area (TPSA) is 108 Å².